The number of piperazine rings is 1. The molecule has 0 spiro atoms. The summed E-state index contributed by atoms with van der Waals surface area (Å²) in [4.78, 5) is 6.78. The van der Waals surface area contributed by atoms with Gasteiger partial charge in [0.1, 0.15) is 5.82 Å². The van der Waals surface area contributed by atoms with E-state index in [-0.39, 0.29) is 55.0 Å². The summed E-state index contributed by atoms with van der Waals surface area (Å²) in [7, 11) is 0. The molecule has 1 N–H and O–H groups in total. The van der Waals surface area contributed by atoms with Crippen LogP contribution in [-0.4, -0.2) is 68.0 Å². The number of hydrogen-bond acceptors (Lipinski definition) is 4. The van der Waals surface area contributed by atoms with Gasteiger partial charge in [-0.3, -0.25) is 4.90 Å². The van der Waals surface area contributed by atoms with Crippen LogP contribution < -0.4 is 10.2 Å². The Kier molecular flexibility index (Phi) is 11.3. The topological polar surface area (TPSA) is 21.8 Å². The molecule has 4 nitrogen and oxygen atoms in total. The van der Waals surface area contributed by atoms with Gasteiger partial charge in [-0.05, 0) is 55.3 Å². The number of fused-ring (bicyclic) bond motifs is 3. The van der Waals surface area contributed by atoms with Gasteiger partial charge in [0.25, 0.3) is 0 Å². The molecule has 2 fully saturated rings. The van der Waals surface area contributed by atoms with Crippen LogP contribution in [0.15, 0.2) is 48.5 Å². The van der Waals surface area contributed by atoms with Gasteiger partial charge in [0.05, 0.1) is 0 Å². The molecule has 3 unspecified atom stereocenters. The third kappa shape index (κ3) is 6.15. The van der Waals surface area contributed by atoms with E-state index in [9.17, 15) is 4.39 Å². The molecule has 3 aliphatic rings. The molecule has 2 aromatic carbocycles. The molecule has 190 valence electrons. The highest BCUT2D eigenvalue weighted by molar-refractivity contribution is 5.86. The maximum atomic E-state index is 15.3. The molecule has 0 bridgehead atoms. The lowest BCUT2D eigenvalue weighted by atomic mass is 9.88. The molecule has 0 aromatic heterocycles. The number of halogens is 5. The number of benzene rings is 2. The molecule has 2 saturated heterocycles. The van der Waals surface area contributed by atoms with Gasteiger partial charge in [0.15, 0.2) is 6.30 Å². The predicted molar refractivity (Wildman–Crippen MR) is 143 cm³/mol. The van der Waals surface area contributed by atoms with Crippen LogP contribution in [0, 0.1) is 5.82 Å². The summed E-state index contributed by atoms with van der Waals surface area (Å²) >= 11 is 0. The standard InChI is InChI=1S/C25H32F2N4.3ClH/c26-19-7-9-20(10-8-19)31-23-6-2-1-5-21(23)22-18-30(25(27)17-24(22)31)14-4-3-13-29-15-11-28-12-16-29;;;/h1-2,5-10,22,24-25,28H,3-4,11-18H2;3*1H. The van der Waals surface area contributed by atoms with Gasteiger partial charge in [0, 0.05) is 69.0 Å². The normalized spacial score (nSPS) is 24.3. The van der Waals surface area contributed by atoms with Crippen molar-refractivity contribution in [2.24, 2.45) is 0 Å². The van der Waals surface area contributed by atoms with Gasteiger partial charge < -0.3 is 15.1 Å². The van der Waals surface area contributed by atoms with Crippen molar-refractivity contribution >= 4 is 48.6 Å². The second-order valence-electron chi connectivity index (χ2n) is 9.04. The number of rotatable bonds is 6. The highest BCUT2D eigenvalue weighted by Crippen LogP contribution is 2.49. The van der Waals surface area contributed by atoms with Gasteiger partial charge in [-0.1, -0.05) is 18.2 Å². The average molecular weight is 536 g/mol. The van der Waals surface area contributed by atoms with E-state index in [4.69, 9.17) is 0 Å². The number of nitrogens with one attached hydrogen (secondary N) is 1. The number of nitrogens with zero attached hydrogens (tertiary/aromatic N) is 3. The smallest absolute Gasteiger partial charge is 0.155 e. The Morgan fingerprint density at radius 3 is 2.29 bits per heavy atom. The Morgan fingerprint density at radius 2 is 1.56 bits per heavy atom. The SMILES string of the molecule is Cl.Cl.Cl.Fc1ccc(N2c3ccccc3C3CN(CCCCN4CCNCC4)C(F)CC32)cc1. The molecular weight excluding hydrogens is 501 g/mol. The lowest BCUT2D eigenvalue weighted by Crippen LogP contribution is -2.49. The van der Waals surface area contributed by atoms with E-state index in [1.165, 1.54) is 17.7 Å². The van der Waals surface area contributed by atoms with Crippen molar-refractivity contribution in [1.29, 1.82) is 0 Å². The van der Waals surface area contributed by atoms with Crippen molar-refractivity contribution in [3.63, 3.8) is 0 Å². The lowest BCUT2D eigenvalue weighted by molar-refractivity contribution is 0.0289. The van der Waals surface area contributed by atoms with Crippen LogP contribution in [0.5, 0.6) is 0 Å². The number of alkyl halides is 1. The zero-order chi connectivity index (χ0) is 21.2. The van der Waals surface area contributed by atoms with Gasteiger partial charge in [-0.2, -0.15) is 0 Å². The zero-order valence-electron chi connectivity index (χ0n) is 19.2. The van der Waals surface area contributed by atoms with Crippen molar-refractivity contribution in [1.82, 2.24) is 15.1 Å². The quantitative estimate of drug-likeness (QED) is 0.396. The van der Waals surface area contributed by atoms with E-state index in [0.29, 0.717) is 6.42 Å². The fourth-order valence-electron chi connectivity index (χ4n) is 5.54. The van der Waals surface area contributed by atoms with Crippen LogP contribution in [-0.2, 0) is 0 Å². The average Bonchev–Trinajstić information content (AvgIpc) is 3.11. The van der Waals surface area contributed by atoms with Crippen molar-refractivity contribution in [3.8, 4) is 0 Å². The Bertz CT molecular complexity index is 883. The summed E-state index contributed by atoms with van der Waals surface area (Å²) in [5.74, 6) is 0.0354. The summed E-state index contributed by atoms with van der Waals surface area (Å²) in [5, 5.41) is 3.39. The minimum atomic E-state index is -0.933. The number of piperidine rings is 1. The maximum Gasteiger partial charge on any atom is 0.155 e. The summed E-state index contributed by atoms with van der Waals surface area (Å²) in [6.07, 6.45) is 1.70. The molecule has 0 radical (unpaired) electrons. The summed E-state index contributed by atoms with van der Waals surface area (Å²) < 4.78 is 28.8. The van der Waals surface area contributed by atoms with Crippen LogP contribution in [0.2, 0.25) is 0 Å². The van der Waals surface area contributed by atoms with Gasteiger partial charge >= 0.3 is 0 Å². The molecule has 0 amide bonds. The number of para-hydroxylation sites is 1. The fourth-order valence-corrected chi connectivity index (χ4v) is 5.54. The monoisotopic (exact) mass is 534 g/mol. The second kappa shape index (κ2) is 13.2. The van der Waals surface area contributed by atoms with Crippen LogP contribution in [0.25, 0.3) is 0 Å². The Hall–Kier alpha value is -1.15. The van der Waals surface area contributed by atoms with Crippen LogP contribution in [0.4, 0.5) is 20.2 Å². The van der Waals surface area contributed by atoms with Gasteiger partial charge in [-0.25, -0.2) is 8.78 Å². The first kappa shape index (κ1) is 29.1. The lowest BCUT2D eigenvalue weighted by Gasteiger charge is -2.41. The molecule has 2 aromatic rings. The predicted octanol–water partition coefficient (Wildman–Crippen LogP) is 5.38. The number of anilines is 2. The van der Waals surface area contributed by atoms with Gasteiger partial charge in [0.2, 0.25) is 0 Å². The Labute approximate surface area is 220 Å². The van der Waals surface area contributed by atoms with Gasteiger partial charge in [-0.15, -0.1) is 37.2 Å². The fraction of sp³-hybridized carbons (Fsp3) is 0.520. The van der Waals surface area contributed by atoms with Crippen LogP contribution >= 0.6 is 37.2 Å². The largest absolute Gasteiger partial charge is 0.337 e. The first-order chi connectivity index (χ1) is 15.2. The van der Waals surface area contributed by atoms with Crippen LogP contribution in [0.3, 0.4) is 0 Å². The minimum Gasteiger partial charge on any atom is -0.337 e. The molecule has 0 saturated carbocycles. The minimum absolute atomic E-state index is 0. The van der Waals surface area contributed by atoms with E-state index in [1.54, 1.807) is 0 Å². The van der Waals surface area contributed by atoms with E-state index < -0.39 is 6.30 Å². The highest BCUT2D eigenvalue weighted by atomic mass is 35.5. The molecule has 0 aliphatic carbocycles. The number of unbranched alkanes of at least 4 members (excludes halogenated alkanes) is 1. The van der Waals surface area contributed by atoms with E-state index in [0.717, 1.165) is 70.0 Å². The van der Waals surface area contributed by atoms with Crippen molar-refractivity contribution < 1.29 is 8.78 Å². The number of likely N-dealkylation sites (tertiary alicyclic amines) is 1. The molecule has 5 rings (SSSR count). The third-order valence-electron chi connectivity index (χ3n) is 7.14. The maximum absolute atomic E-state index is 15.3. The van der Waals surface area contributed by atoms with E-state index in [2.05, 4.69) is 33.3 Å². The first-order valence-corrected chi connectivity index (χ1v) is 11.7. The van der Waals surface area contributed by atoms with Crippen molar-refractivity contribution in [2.75, 3.05) is 50.7 Å². The highest BCUT2D eigenvalue weighted by Gasteiger charge is 2.45. The second-order valence-corrected chi connectivity index (χ2v) is 9.04. The zero-order valence-corrected chi connectivity index (χ0v) is 21.7. The molecular formula is C25H35Cl3F2N4. The summed E-state index contributed by atoms with van der Waals surface area (Å²) in [6.45, 7) is 7.06. The Morgan fingerprint density at radius 1 is 0.882 bits per heavy atom. The summed E-state index contributed by atoms with van der Waals surface area (Å²) in [5.41, 5.74) is 3.37. The van der Waals surface area contributed by atoms with Crippen LogP contribution in [0.1, 0.15) is 30.7 Å². The van der Waals surface area contributed by atoms with Crippen molar-refractivity contribution in [2.45, 2.75) is 37.5 Å². The molecule has 3 atom stereocenters. The molecule has 3 heterocycles. The molecule has 3 aliphatic heterocycles. The third-order valence-corrected chi connectivity index (χ3v) is 7.14. The van der Waals surface area contributed by atoms with Crippen molar-refractivity contribution in [3.05, 3.63) is 59.9 Å². The number of hydrogen-bond donors (Lipinski definition) is 1. The summed E-state index contributed by atoms with van der Waals surface area (Å²) in [6, 6.07) is 15.1. The molecule has 34 heavy (non-hydrogen) atoms. The Balaban J connectivity index is 0.00000136. The van der Waals surface area contributed by atoms with E-state index >= 15 is 4.39 Å². The first-order valence-electron chi connectivity index (χ1n) is 11.7. The molecule has 9 heteroatoms. The van der Waals surface area contributed by atoms with E-state index in [1.807, 2.05) is 23.1 Å².